The summed E-state index contributed by atoms with van der Waals surface area (Å²) in [5.74, 6) is -0.0837. The number of aromatic nitrogens is 2. The van der Waals surface area contributed by atoms with Crippen LogP contribution >= 0.6 is 0 Å². The minimum absolute atomic E-state index is 0.0431. The van der Waals surface area contributed by atoms with Crippen molar-refractivity contribution in [1.82, 2.24) is 14.9 Å². The number of hydrogen-bond acceptors (Lipinski definition) is 7. The summed E-state index contributed by atoms with van der Waals surface area (Å²) >= 11 is 0. The van der Waals surface area contributed by atoms with Gasteiger partial charge in [0.2, 0.25) is 15.9 Å². The van der Waals surface area contributed by atoms with Crippen molar-refractivity contribution in [1.29, 1.82) is 0 Å². The molecule has 0 aliphatic carbocycles. The smallest absolute Gasteiger partial charge is 0.238 e. The van der Waals surface area contributed by atoms with Crippen LogP contribution in [0.3, 0.4) is 0 Å². The Morgan fingerprint density at radius 2 is 1.97 bits per heavy atom. The number of sulfonamides is 1. The van der Waals surface area contributed by atoms with E-state index in [1.807, 2.05) is 12.1 Å². The molecule has 1 aromatic carbocycles. The van der Waals surface area contributed by atoms with Crippen LogP contribution in [0.15, 0.2) is 59.9 Å². The van der Waals surface area contributed by atoms with E-state index in [-0.39, 0.29) is 23.8 Å². The predicted molar refractivity (Wildman–Crippen MR) is 130 cm³/mol. The van der Waals surface area contributed by atoms with Crippen molar-refractivity contribution < 1.29 is 18.3 Å². The first-order chi connectivity index (χ1) is 16.1. The molecule has 3 aromatic rings. The van der Waals surface area contributed by atoms with E-state index in [0.717, 1.165) is 35.1 Å². The highest BCUT2D eigenvalue weighted by atomic mass is 32.2. The zero-order chi connectivity index (χ0) is 24.3. The Bertz CT molecular complexity index is 1280. The molecule has 1 atom stereocenters. The molecule has 1 fully saturated rings. The third-order valence-electron chi connectivity index (χ3n) is 6.25. The van der Waals surface area contributed by atoms with Gasteiger partial charge in [0, 0.05) is 56.2 Å². The fraction of sp³-hybridized carbons (Fsp3) is 0.375. The number of fused-ring (bicyclic) bond motifs is 1. The van der Waals surface area contributed by atoms with E-state index >= 15 is 0 Å². The van der Waals surface area contributed by atoms with Crippen LogP contribution in [-0.4, -0.2) is 66.6 Å². The van der Waals surface area contributed by atoms with E-state index in [9.17, 15) is 18.3 Å². The number of rotatable bonds is 7. The topological polar surface area (TPSA) is 130 Å². The Balaban J connectivity index is 1.37. The van der Waals surface area contributed by atoms with E-state index in [1.54, 1.807) is 42.7 Å². The number of hydrogen-bond donors (Lipinski definition) is 2. The first kappa shape index (κ1) is 24.1. The Hall–Kier alpha value is -3.08. The third-order valence-corrected chi connectivity index (χ3v) is 7.18. The molecule has 1 aliphatic heterocycles. The van der Waals surface area contributed by atoms with E-state index in [4.69, 9.17) is 5.14 Å². The number of aliphatic hydroxyl groups is 1. The van der Waals surface area contributed by atoms with Crippen LogP contribution < -0.4 is 10.0 Å². The summed E-state index contributed by atoms with van der Waals surface area (Å²) < 4.78 is 22.8. The Morgan fingerprint density at radius 1 is 1.21 bits per heavy atom. The minimum Gasteiger partial charge on any atom is -0.386 e. The summed E-state index contributed by atoms with van der Waals surface area (Å²) in [5, 5.41) is 17.4. The summed E-state index contributed by atoms with van der Waals surface area (Å²) in [5.41, 5.74) is 1.64. The van der Waals surface area contributed by atoms with Gasteiger partial charge in [-0.3, -0.25) is 14.8 Å². The lowest BCUT2D eigenvalue weighted by molar-refractivity contribution is -0.133. The number of anilines is 1. The molecule has 1 amide bonds. The number of amides is 1. The molecule has 3 heterocycles. The lowest BCUT2D eigenvalue weighted by Gasteiger charge is -2.42. The highest BCUT2D eigenvalue weighted by Crippen LogP contribution is 2.31. The largest absolute Gasteiger partial charge is 0.386 e. The van der Waals surface area contributed by atoms with Crippen molar-refractivity contribution in [3.05, 3.63) is 60.6 Å². The molecule has 180 valence electrons. The number of nitrogens with two attached hydrogens (primary N) is 1. The van der Waals surface area contributed by atoms with Crippen LogP contribution in [0.2, 0.25) is 0 Å². The maximum atomic E-state index is 12.8. The summed E-state index contributed by atoms with van der Waals surface area (Å²) in [7, 11) is -2.03. The van der Waals surface area contributed by atoms with Crippen LogP contribution in [0.4, 0.5) is 5.69 Å². The van der Waals surface area contributed by atoms with Gasteiger partial charge in [0.25, 0.3) is 0 Å². The van der Waals surface area contributed by atoms with Crippen molar-refractivity contribution in [2.75, 3.05) is 31.6 Å². The minimum atomic E-state index is -3.74. The highest BCUT2D eigenvalue weighted by Gasteiger charge is 2.36. The molecule has 0 spiro atoms. The molecule has 10 heteroatoms. The van der Waals surface area contributed by atoms with Gasteiger partial charge in [-0.1, -0.05) is 12.1 Å². The highest BCUT2D eigenvalue weighted by molar-refractivity contribution is 7.89. The molecular weight excluding hydrogens is 454 g/mol. The van der Waals surface area contributed by atoms with Gasteiger partial charge in [-0.15, -0.1) is 0 Å². The molecule has 1 aliphatic rings. The van der Waals surface area contributed by atoms with E-state index in [1.165, 1.54) is 12.1 Å². The van der Waals surface area contributed by atoms with Crippen molar-refractivity contribution in [3.8, 4) is 0 Å². The molecule has 34 heavy (non-hydrogen) atoms. The van der Waals surface area contributed by atoms with Crippen LogP contribution in [0, 0.1) is 0 Å². The average molecular weight is 484 g/mol. The molecule has 1 saturated heterocycles. The summed E-state index contributed by atoms with van der Waals surface area (Å²) in [6.07, 6.45) is 7.39. The molecule has 0 unspecified atom stereocenters. The maximum absolute atomic E-state index is 12.8. The lowest BCUT2D eigenvalue weighted by atomic mass is 9.91. The number of pyridine rings is 2. The summed E-state index contributed by atoms with van der Waals surface area (Å²) in [6, 6.07) is 10.0. The van der Waals surface area contributed by atoms with E-state index in [2.05, 4.69) is 14.9 Å². The number of nitrogens with zero attached hydrogens (tertiary/aromatic N) is 4. The second-order valence-corrected chi connectivity index (χ2v) is 10.5. The average Bonchev–Trinajstić information content (AvgIpc) is 2.81. The Morgan fingerprint density at radius 3 is 2.71 bits per heavy atom. The normalized spacial score (nSPS) is 18.7. The number of primary sulfonamides is 1. The molecule has 3 N–H and O–H groups in total. The quantitative estimate of drug-likeness (QED) is 0.523. The van der Waals surface area contributed by atoms with Gasteiger partial charge in [0.1, 0.15) is 0 Å². The molecule has 9 nitrogen and oxygen atoms in total. The number of carbonyl (C=O) groups is 1. The number of piperidine rings is 1. The maximum Gasteiger partial charge on any atom is 0.238 e. The summed E-state index contributed by atoms with van der Waals surface area (Å²) in [4.78, 5) is 25.1. The first-order valence-electron chi connectivity index (χ1n) is 11.2. The zero-order valence-electron chi connectivity index (χ0n) is 19.1. The Labute approximate surface area is 199 Å². The van der Waals surface area contributed by atoms with E-state index in [0.29, 0.717) is 19.4 Å². The van der Waals surface area contributed by atoms with E-state index < -0.39 is 15.6 Å². The van der Waals surface area contributed by atoms with Gasteiger partial charge >= 0.3 is 0 Å². The fourth-order valence-electron chi connectivity index (χ4n) is 4.52. The monoisotopic (exact) mass is 483 g/mol. The molecule has 2 aromatic heterocycles. The van der Waals surface area contributed by atoms with Gasteiger partial charge < -0.3 is 14.9 Å². The van der Waals surface area contributed by atoms with Crippen molar-refractivity contribution in [2.45, 2.75) is 36.2 Å². The molecule has 0 bridgehead atoms. The molecular formula is C24H29N5O4S. The fourth-order valence-corrected chi connectivity index (χ4v) is 5.03. The number of carbonyl (C=O) groups excluding carboxylic acids is 1. The lowest BCUT2D eigenvalue weighted by Crippen LogP contribution is -2.54. The summed E-state index contributed by atoms with van der Waals surface area (Å²) in [6.45, 7) is 1.45. The molecule has 0 saturated carbocycles. The standard InChI is InChI=1S/C24H29N5O4S/c1-28(23(30)8-5-18-3-6-19(7-4-18)34(25,32)33)16-24(31)11-2-14-29(17-24)22-10-13-27-21-9-12-26-15-20(21)22/h3-4,6-7,9-10,12-13,15,31H,2,5,8,11,14,16-17H2,1H3,(H2,25,32,33)/t24-/m1/s1. The second-order valence-electron chi connectivity index (χ2n) is 8.91. The predicted octanol–water partition coefficient (Wildman–Crippen LogP) is 1.70. The van der Waals surface area contributed by atoms with Crippen LogP contribution in [-0.2, 0) is 21.2 Å². The molecule has 0 radical (unpaired) electrons. The van der Waals surface area contributed by atoms with Crippen LogP contribution in [0.5, 0.6) is 0 Å². The first-order valence-corrected chi connectivity index (χ1v) is 12.7. The van der Waals surface area contributed by atoms with Gasteiger partial charge in [0.05, 0.1) is 22.6 Å². The number of benzene rings is 1. The van der Waals surface area contributed by atoms with Crippen molar-refractivity contribution in [2.24, 2.45) is 5.14 Å². The van der Waals surface area contributed by atoms with Crippen molar-refractivity contribution >= 4 is 32.5 Å². The third kappa shape index (κ3) is 5.52. The number of likely N-dealkylation sites (N-methyl/N-ethyl adjacent to an activating group) is 1. The van der Waals surface area contributed by atoms with Crippen LogP contribution in [0.1, 0.15) is 24.8 Å². The van der Waals surface area contributed by atoms with Gasteiger partial charge in [-0.25, -0.2) is 13.6 Å². The van der Waals surface area contributed by atoms with Gasteiger partial charge in [-0.2, -0.15) is 0 Å². The number of aryl methyl sites for hydroxylation is 1. The second kappa shape index (κ2) is 9.65. The van der Waals surface area contributed by atoms with Crippen molar-refractivity contribution in [3.63, 3.8) is 0 Å². The van der Waals surface area contributed by atoms with Crippen LogP contribution in [0.25, 0.3) is 10.9 Å². The number of β-amino-alcohol motifs (C(OH)–C–C–N with tert-alkyl or cyclic N) is 1. The SMILES string of the molecule is CN(C[C@]1(O)CCCN(c2ccnc3ccncc23)C1)C(=O)CCc1ccc(S(N)(=O)=O)cc1. The Kier molecular flexibility index (Phi) is 6.83. The molecule has 4 rings (SSSR count). The van der Waals surface area contributed by atoms with Gasteiger partial charge in [0.15, 0.2) is 0 Å². The van der Waals surface area contributed by atoms with Gasteiger partial charge in [-0.05, 0) is 49.1 Å². The zero-order valence-corrected chi connectivity index (χ0v) is 19.9.